The third-order valence-corrected chi connectivity index (χ3v) is 4.62. The van der Waals surface area contributed by atoms with E-state index in [2.05, 4.69) is 15.3 Å². The van der Waals surface area contributed by atoms with Crippen molar-refractivity contribution >= 4 is 5.82 Å². The van der Waals surface area contributed by atoms with Gasteiger partial charge in [0.05, 0.1) is 12.1 Å². The second-order valence-corrected chi connectivity index (χ2v) is 5.98. The maximum atomic E-state index is 9.80. The fourth-order valence-electron chi connectivity index (χ4n) is 3.43. The molecule has 0 radical (unpaired) electrons. The molecular weight excluding hydrogens is 238 g/mol. The third-order valence-electron chi connectivity index (χ3n) is 4.62. The van der Waals surface area contributed by atoms with Gasteiger partial charge in [0, 0.05) is 11.3 Å². The summed E-state index contributed by atoms with van der Waals surface area (Å²) in [6, 6.07) is 0. The number of aliphatic hydroxyl groups is 1. The van der Waals surface area contributed by atoms with Gasteiger partial charge in [0.2, 0.25) is 0 Å². The summed E-state index contributed by atoms with van der Waals surface area (Å²) in [6.45, 7) is 0.200. The monoisotopic (exact) mass is 261 g/mol. The molecular formula is C15H23N3O. The summed E-state index contributed by atoms with van der Waals surface area (Å²) in [7, 11) is 0. The Kier molecular flexibility index (Phi) is 3.69. The van der Waals surface area contributed by atoms with Crippen LogP contribution in [0, 0.1) is 0 Å². The van der Waals surface area contributed by atoms with Crippen molar-refractivity contribution in [3.8, 4) is 0 Å². The molecule has 4 nitrogen and oxygen atoms in total. The normalized spacial score (nSPS) is 21.7. The van der Waals surface area contributed by atoms with Gasteiger partial charge in [-0.15, -0.1) is 0 Å². The van der Waals surface area contributed by atoms with Crippen LogP contribution in [0.3, 0.4) is 0 Å². The van der Waals surface area contributed by atoms with Gasteiger partial charge in [-0.25, -0.2) is 9.97 Å². The predicted molar refractivity (Wildman–Crippen MR) is 75.2 cm³/mol. The molecule has 1 aromatic heterocycles. The topological polar surface area (TPSA) is 58.0 Å². The highest BCUT2D eigenvalue weighted by molar-refractivity contribution is 5.49. The van der Waals surface area contributed by atoms with E-state index in [4.69, 9.17) is 0 Å². The predicted octanol–water partition coefficient (Wildman–Crippen LogP) is 2.46. The molecule has 2 aliphatic rings. The summed E-state index contributed by atoms with van der Waals surface area (Å²) >= 11 is 0. The Hall–Kier alpha value is -1.16. The van der Waals surface area contributed by atoms with Crippen LogP contribution in [0.2, 0.25) is 0 Å². The SMILES string of the molecule is OCC1(Nc2ncnc3c2CCCC3)CCCCC1. The first-order valence-electron chi connectivity index (χ1n) is 7.55. The summed E-state index contributed by atoms with van der Waals surface area (Å²) in [4.78, 5) is 8.85. The molecule has 4 heteroatoms. The van der Waals surface area contributed by atoms with Gasteiger partial charge >= 0.3 is 0 Å². The molecule has 104 valence electrons. The standard InChI is InChI=1S/C15H23N3O/c19-10-15(8-4-1-5-9-15)18-14-12-6-2-3-7-13(12)16-11-17-14/h11,19H,1-10H2,(H,16,17,18). The lowest BCUT2D eigenvalue weighted by Crippen LogP contribution is -2.44. The highest BCUT2D eigenvalue weighted by atomic mass is 16.3. The molecule has 1 aromatic rings. The number of aryl methyl sites for hydroxylation is 1. The summed E-state index contributed by atoms with van der Waals surface area (Å²) < 4.78 is 0. The van der Waals surface area contributed by atoms with E-state index in [-0.39, 0.29) is 12.1 Å². The number of hydrogen-bond acceptors (Lipinski definition) is 4. The molecule has 0 atom stereocenters. The molecule has 19 heavy (non-hydrogen) atoms. The van der Waals surface area contributed by atoms with Crippen LogP contribution in [-0.4, -0.2) is 27.2 Å². The molecule has 1 heterocycles. The van der Waals surface area contributed by atoms with Gasteiger partial charge in [-0.05, 0) is 38.5 Å². The molecule has 0 aliphatic heterocycles. The molecule has 1 fully saturated rings. The third kappa shape index (κ3) is 2.59. The van der Waals surface area contributed by atoms with Gasteiger partial charge in [0.1, 0.15) is 12.1 Å². The first-order valence-corrected chi connectivity index (χ1v) is 7.55. The Labute approximate surface area is 114 Å². The van der Waals surface area contributed by atoms with Crippen molar-refractivity contribution in [2.24, 2.45) is 0 Å². The van der Waals surface area contributed by atoms with Gasteiger partial charge in [0.25, 0.3) is 0 Å². The average Bonchev–Trinajstić information content (AvgIpc) is 2.49. The minimum atomic E-state index is -0.155. The molecule has 0 amide bonds. The Morgan fingerprint density at radius 2 is 1.84 bits per heavy atom. The van der Waals surface area contributed by atoms with Crippen LogP contribution in [0.25, 0.3) is 0 Å². The number of rotatable bonds is 3. The van der Waals surface area contributed by atoms with Crippen molar-refractivity contribution in [2.45, 2.75) is 63.3 Å². The second kappa shape index (κ2) is 5.45. The van der Waals surface area contributed by atoms with Crippen LogP contribution >= 0.6 is 0 Å². The molecule has 2 aliphatic carbocycles. The zero-order valence-corrected chi connectivity index (χ0v) is 11.5. The number of hydrogen-bond donors (Lipinski definition) is 2. The molecule has 0 bridgehead atoms. The molecule has 0 aromatic carbocycles. The minimum absolute atomic E-state index is 0.155. The van der Waals surface area contributed by atoms with Crippen LogP contribution in [0.15, 0.2) is 6.33 Å². The van der Waals surface area contributed by atoms with Crippen molar-refractivity contribution in [3.05, 3.63) is 17.6 Å². The van der Waals surface area contributed by atoms with E-state index in [0.29, 0.717) is 0 Å². The van der Waals surface area contributed by atoms with E-state index >= 15 is 0 Å². The number of anilines is 1. The Morgan fingerprint density at radius 1 is 1.05 bits per heavy atom. The first kappa shape index (κ1) is 12.9. The zero-order chi connectivity index (χ0) is 13.1. The molecule has 0 unspecified atom stereocenters. The number of nitrogens with one attached hydrogen (secondary N) is 1. The summed E-state index contributed by atoms with van der Waals surface area (Å²) in [5.41, 5.74) is 2.33. The fourth-order valence-corrected chi connectivity index (χ4v) is 3.43. The summed E-state index contributed by atoms with van der Waals surface area (Å²) in [5.74, 6) is 0.973. The van der Waals surface area contributed by atoms with E-state index in [9.17, 15) is 5.11 Å². The van der Waals surface area contributed by atoms with Gasteiger partial charge in [-0.1, -0.05) is 19.3 Å². The lowest BCUT2D eigenvalue weighted by molar-refractivity contribution is 0.172. The molecule has 0 saturated heterocycles. The molecule has 1 saturated carbocycles. The van der Waals surface area contributed by atoms with Crippen LogP contribution < -0.4 is 5.32 Å². The van der Waals surface area contributed by atoms with Crippen LogP contribution in [-0.2, 0) is 12.8 Å². The van der Waals surface area contributed by atoms with Crippen molar-refractivity contribution in [1.82, 2.24) is 9.97 Å². The average molecular weight is 261 g/mol. The highest BCUT2D eigenvalue weighted by Gasteiger charge is 2.32. The number of aromatic nitrogens is 2. The van der Waals surface area contributed by atoms with Crippen molar-refractivity contribution < 1.29 is 5.11 Å². The lowest BCUT2D eigenvalue weighted by atomic mass is 9.82. The molecule has 2 N–H and O–H groups in total. The van der Waals surface area contributed by atoms with Crippen LogP contribution in [0.5, 0.6) is 0 Å². The minimum Gasteiger partial charge on any atom is -0.394 e. The van der Waals surface area contributed by atoms with E-state index in [1.165, 1.54) is 43.4 Å². The summed E-state index contributed by atoms with van der Waals surface area (Å²) in [6.07, 6.45) is 12.0. The van der Waals surface area contributed by atoms with E-state index < -0.39 is 0 Å². The van der Waals surface area contributed by atoms with Crippen molar-refractivity contribution in [2.75, 3.05) is 11.9 Å². The van der Waals surface area contributed by atoms with E-state index in [1.54, 1.807) is 6.33 Å². The smallest absolute Gasteiger partial charge is 0.133 e. The van der Waals surface area contributed by atoms with Gasteiger partial charge < -0.3 is 10.4 Å². The highest BCUT2D eigenvalue weighted by Crippen LogP contribution is 2.33. The van der Waals surface area contributed by atoms with E-state index in [1.807, 2.05) is 0 Å². The fraction of sp³-hybridized carbons (Fsp3) is 0.733. The Balaban J connectivity index is 1.85. The zero-order valence-electron chi connectivity index (χ0n) is 11.5. The van der Waals surface area contributed by atoms with Crippen LogP contribution in [0.1, 0.15) is 56.2 Å². The van der Waals surface area contributed by atoms with E-state index in [0.717, 1.165) is 31.5 Å². The molecule has 0 spiro atoms. The van der Waals surface area contributed by atoms with Gasteiger partial charge in [0.15, 0.2) is 0 Å². The Morgan fingerprint density at radius 3 is 2.63 bits per heavy atom. The Bertz CT molecular complexity index is 441. The van der Waals surface area contributed by atoms with Crippen molar-refractivity contribution in [3.63, 3.8) is 0 Å². The summed E-state index contributed by atoms with van der Waals surface area (Å²) in [5, 5.41) is 13.4. The number of fused-ring (bicyclic) bond motifs is 1. The van der Waals surface area contributed by atoms with Crippen molar-refractivity contribution in [1.29, 1.82) is 0 Å². The molecule has 3 rings (SSSR count). The maximum absolute atomic E-state index is 9.80. The second-order valence-electron chi connectivity index (χ2n) is 5.98. The number of nitrogens with zero attached hydrogens (tertiary/aromatic N) is 2. The maximum Gasteiger partial charge on any atom is 0.133 e. The largest absolute Gasteiger partial charge is 0.394 e. The number of aliphatic hydroxyl groups excluding tert-OH is 1. The lowest BCUT2D eigenvalue weighted by Gasteiger charge is -2.37. The van der Waals surface area contributed by atoms with Gasteiger partial charge in [-0.2, -0.15) is 0 Å². The quantitative estimate of drug-likeness (QED) is 0.877. The van der Waals surface area contributed by atoms with Crippen LogP contribution in [0.4, 0.5) is 5.82 Å². The van der Waals surface area contributed by atoms with Gasteiger partial charge in [-0.3, -0.25) is 0 Å². The first-order chi connectivity index (χ1) is 9.33.